The van der Waals surface area contributed by atoms with Crippen LogP contribution in [0.15, 0.2) is 12.1 Å². The van der Waals surface area contributed by atoms with Crippen LogP contribution < -0.4 is 9.47 Å². The summed E-state index contributed by atoms with van der Waals surface area (Å²) in [4.78, 5) is 11.6. The van der Waals surface area contributed by atoms with E-state index in [1.807, 2.05) is 0 Å². The molecule has 0 aromatic heterocycles. The Hall–Kier alpha value is -1.71. The zero-order valence-corrected chi connectivity index (χ0v) is 11.8. The largest absolute Gasteiger partial charge is 0.496 e. The highest BCUT2D eigenvalue weighted by atomic mass is 16.5. The van der Waals surface area contributed by atoms with E-state index in [1.54, 1.807) is 26.4 Å². The van der Waals surface area contributed by atoms with Gasteiger partial charge in [-0.3, -0.25) is 0 Å². The van der Waals surface area contributed by atoms with Crippen LogP contribution in [0.4, 0.5) is 0 Å². The third kappa shape index (κ3) is 2.75. The van der Waals surface area contributed by atoms with Crippen molar-refractivity contribution in [3.05, 3.63) is 23.3 Å². The van der Waals surface area contributed by atoms with E-state index in [0.717, 1.165) is 5.56 Å². The Kier molecular flexibility index (Phi) is 4.22. The highest BCUT2D eigenvalue weighted by Crippen LogP contribution is 2.39. The van der Waals surface area contributed by atoms with E-state index in [9.17, 15) is 4.79 Å². The molecule has 4 heteroatoms. The molecule has 0 aliphatic heterocycles. The Bertz CT molecular complexity index is 419. The summed E-state index contributed by atoms with van der Waals surface area (Å²) >= 11 is 0. The first kappa shape index (κ1) is 14.4. The van der Waals surface area contributed by atoms with Gasteiger partial charge in [-0.15, -0.1) is 0 Å². The fourth-order valence-electron chi connectivity index (χ4n) is 1.89. The average Bonchev–Trinajstić information content (AvgIpc) is 2.34. The normalized spacial score (nSPS) is 11.0. The number of rotatable bonds is 3. The molecule has 0 atom stereocenters. The molecule has 0 amide bonds. The van der Waals surface area contributed by atoms with Crippen LogP contribution in [0.25, 0.3) is 0 Å². The number of hydrogen-bond donors (Lipinski definition) is 0. The average molecular weight is 252 g/mol. The molecular formula is C14H20O4. The molecule has 0 aliphatic carbocycles. The van der Waals surface area contributed by atoms with Gasteiger partial charge in [0, 0.05) is 5.56 Å². The van der Waals surface area contributed by atoms with Crippen molar-refractivity contribution in [3.8, 4) is 11.5 Å². The van der Waals surface area contributed by atoms with Crippen LogP contribution in [0.3, 0.4) is 0 Å². The molecular weight excluding hydrogens is 232 g/mol. The van der Waals surface area contributed by atoms with Crippen molar-refractivity contribution in [1.82, 2.24) is 0 Å². The van der Waals surface area contributed by atoms with Gasteiger partial charge in [-0.05, 0) is 17.5 Å². The second-order valence-corrected chi connectivity index (χ2v) is 5.00. The number of methoxy groups -OCH3 is 3. The van der Waals surface area contributed by atoms with Crippen LogP contribution in [0.1, 0.15) is 36.7 Å². The van der Waals surface area contributed by atoms with E-state index < -0.39 is 5.97 Å². The number of benzene rings is 1. The third-order valence-electron chi connectivity index (χ3n) is 2.68. The van der Waals surface area contributed by atoms with Gasteiger partial charge < -0.3 is 14.2 Å². The van der Waals surface area contributed by atoms with Crippen LogP contribution in [0.5, 0.6) is 11.5 Å². The van der Waals surface area contributed by atoms with Crippen molar-refractivity contribution in [2.45, 2.75) is 26.2 Å². The Balaban J connectivity index is 3.49. The number of carbonyl (C=O) groups excluding carboxylic acids is 1. The molecule has 0 saturated carbocycles. The zero-order valence-electron chi connectivity index (χ0n) is 11.8. The second-order valence-electron chi connectivity index (χ2n) is 5.00. The van der Waals surface area contributed by atoms with E-state index in [-0.39, 0.29) is 5.41 Å². The molecule has 0 N–H and O–H groups in total. The number of esters is 1. The number of carbonyl (C=O) groups is 1. The lowest BCUT2D eigenvalue weighted by Crippen LogP contribution is -2.16. The zero-order chi connectivity index (χ0) is 13.9. The highest BCUT2D eigenvalue weighted by molar-refractivity contribution is 5.90. The van der Waals surface area contributed by atoms with Gasteiger partial charge in [0.15, 0.2) is 0 Å². The minimum absolute atomic E-state index is 0.147. The smallest absolute Gasteiger partial charge is 0.338 e. The molecule has 18 heavy (non-hydrogen) atoms. The summed E-state index contributed by atoms with van der Waals surface area (Å²) in [7, 11) is 4.50. The molecule has 0 saturated heterocycles. The predicted octanol–water partition coefficient (Wildman–Crippen LogP) is 2.79. The van der Waals surface area contributed by atoms with Crippen molar-refractivity contribution >= 4 is 5.97 Å². The summed E-state index contributed by atoms with van der Waals surface area (Å²) in [6.07, 6.45) is 0. The summed E-state index contributed by atoms with van der Waals surface area (Å²) in [6.45, 7) is 6.18. The summed E-state index contributed by atoms with van der Waals surface area (Å²) in [5, 5.41) is 0. The Morgan fingerprint density at radius 3 is 1.72 bits per heavy atom. The van der Waals surface area contributed by atoms with Gasteiger partial charge >= 0.3 is 5.97 Å². The van der Waals surface area contributed by atoms with Crippen LogP contribution in [0, 0.1) is 0 Å². The maximum absolute atomic E-state index is 11.6. The predicted molar refractivity (Wildman–Crippen MR) is 69.6 cm³/mol. The summed E-state index contributed by atoms with van der Waals surface area (Å²) in [6, 6.07) is 3.35. The molecule has 0 heterocycles. The molecule has 0 bridgehead atoms. The maximum atomic E-state index is 11.6. The minimum Gasteiger partial charge on any atom is -0.496 e. The van der Waals surface area contributed by atoms with Crippen LogP contribution in [0.2, 0.25) is 0 Å². The minimum atomic E-state index is -0.410. The number of ether oxygens (including phenoxy) is 3. The molecule has 0 spiro atoms. The van der Waals surface area contributed by atoms with Gasteiger partial charge in [-0.2, -0.15) is 0 Å². The lowest BCUT2D eigenvalue weighted by molar-refractivity contribution is 0.0599. The van der Waals surface area contributed by atoms with Gasteiger partial charge in [-0.25, -0.2) is 4.79 Å². The first-order valence-corrected chi connectivity index (χ1v) is 5.70. The first-order valence-electron chi connectivity index (χ1n) is 5.70. The lowest BCUT2D eigenvalue weighted by Gasteiger charge is -2.25. The van der Waals surface area contributed by atoms with Crippen LogP contribution in [-0.4, -0.2) is 27.3 Å². The quantitative estimate of drug-likeness (QED) is 0.776. The molecule has 0 unspecified atom stereocenters. The molecule has 0 fully saturated rings. The van der Waals surface area contributed by atoms with E-state index in [0.29, 0.717) is 17.1 Å². The van der Waals surface area contributed by atoms with Gasteiger partial charge in [0.05, 0.1) is 26.9 Å². The fourth-order valence-corrected chi connectivity index (χ4v) is 1.89. The monoisotopic (exact) mass is 252 g/mol. The van der Waals surface area contributed by atoms with Crippen LogP contribution >= 0.6 is 0 Å². The molecule has 4 nitrogen and oxygen atoms in total. The van der Waals surface area contributed by atoms with Crippen molar-refractivity contribution in [1.29, 1.82) is 0 Å². The molecule has 0 radical (unpaired) electrons. The standard InChI is InChI=1S/C14H20O4/c1-14(2,3)12-10(16-4)7-9(13(15)18-6)8-11(12)17-5/h7-8H,1-6H3. The molecule has 1 rings (SSSR count). The van der Waals surface area contributed by atoms with Gasteiger partial charge in [0.1, 0.15) is 11.5 Å². The third-order valence-corrected chi connectivity index (χ3v) is 2.68. The van der Waals surface area contributed by atoms with Gasteiger partial charge in [0.25, 0.3) is 0 Å². The van der Waals surface area contributed by atoms with E-state index in [1.165, 1.54) is 7.11 Å². The molecule has 1 aromatic carbocycles. The molecule has 1 aromatic rings. The maximum Gasteiger partial charge on any atom is 0.338 e. The molecule has 0 aliphatic rings. The highest BCUT2D eigenvalue weighted by Gasteiger charge is 2.25. The Morgan fingerprint density at radius 2 is 1.44 bits per heavy atom. The van der Waals surface area contributed by atoms with Crippen molar-refractivity contribution < 1.29 is 19.0 Å². The summed E-state index contributed by atoms with van der Waals surface area (Å²) < 4.78 is 15.4. The topological polar surface area (TPSA) is 44.8 Å². The van der Waals surface area contributed by atoms with Crippen molar-refractivity contribution in [3.63, 3.8) is 0 Å². The first-order chi connectivity index (χ1) is 8.35. The summed E-state index contributed by atoms with van der Waals surface area (Å²) in [5.41, 5.74) is 1.20. The van der Waals surface area contributed by atoms with Gasteiger partial charge in [-0.1, -0.05) is 20.8 Å². The molecule has 100 valence electrons. The van der Waals surface area contributed by atoms with Gasteiger partial charge in [0.2, 0.25) is 0 Å². The lowest BCUT2D eigenvalue weighted by atomic mass is 9.85. The summed E-state index contributed by atoms with van der Waals surface area (Å²) in [5.74, 6) is 0.844. The van der Waals surface area contributed by atoms with Crippen LogP contribution in [-0.2, 0) is 10.2 Å². The Labute approximate surface area is 108 Å². The SMILES string of the molecule is COC(=O)c1cc(OC)c(C(C)(C)C)c(OC)c1. The van der Waals surface area contributed by atoms with E-state index in [4.69, 9.17) is 14.2 Å². The Morgan fingerprint density at radius 1 is 1.00 bits per heavy atom. The fraction of sp³-hybridized carbons (Fsp3) is 0.500. The number of hydrogen-bond acceptors (Lipinski definition) is 4. The van der Waals surface area contributed by atoms with E-state index in [2.05, 4.69) is 20.8 Å². The van der Waals surface area contributed by atoms with Crippen molar-refractivity contribution in [2.24, 2.45) is 0 Å². The van der Waals surface area contributed by atoms with E-state index >= 15 is 0 Å². The van der Waals surface area contributed by atoms with Crippen molar-refractivity contribution in [2.75, 3.05) is 21.3 Å². The second kappa shape index (κ2) is 5.29.